The average molecular weight is 316 g/mol. The Labute approximate surface area is 94.7 Å². The van der Waals surface area contributed by atoms with E-state index in [2.05, 4.69) is 0 Å². The zero-order valence-electron chi connectivity index (χ0n) is 7.94. The Kier molecular flexibility index (Phi) is 2.90. The molecule has 114 valence electrons. The number of rotatable bonds is 1. The lowest BCUT2D eigenvalue weighted by molar-refractivity contribution is -0.431. The standard InChI is InChI=1S/C6F12O/c7-1(8)2(9,10)6(17,18)19-4(1,13)3(11,12)5(14,15)16. The molecule has 0 amide bonds. The molecule has 0 radical (unpaired) electrons. The van der Waals surface area contributed by atoms with E-state index < -0.39 is 35.9 Å². The number of alkyl halides is 12. The predicted molar refractivity (Wildman–Crippen MR) is 30.8 cm³/mol. The topological polar surface area (TPSA) is 9.23 Å². The number of hydrogen-bond donors (Lipinski definition) is 0. The highest BCUT2D eigenvalue weighted by Crippen LogP contribution is 2.66. The normalized spacial score (nSPS) is 33.5. The summed E-state index contributed by atoms with van der Waals surface area (Å²) < 4.78 is 149. The summed E-state index contributed by atoms with van der Waals surface area (Å²) >= 11 is 0. The summed E-state index contributed by atoms with van der Waals surface area (Å²) in [7, 11) is 0. The van der Waals surface area contributed by atoms with E-state index in [4.69, 9.17) is 0 Å². The van der Waals surface area contributed by atoms with Crippen molar-refractivity contribution >= 4 is 0 Å². The van der Waals surface area contributed by atoms with Crippen molar-refractivity contribution in [1.29, 1.82) is 0 Å². The molecule has 1 unspecified atom stereocenters. The number of hydrogen-bond acceptors (Lipinski definition) is 1. The van der Waals surface area contributed by atoms with Crippen molar-refractivity contribution in [2.75, 3.05) is 0 Å². The van der Waals surface area contributed by atoms with Gasteiger partial charge in [0.05, 0.1) is 0 Å². The molecule has 13 heteroatoms. The third-order valence-electron chi connectivity index (χ3n) is 2.19. The maximum atomic E-state index is 13.0. The summed E-state index contributed by atoms with van der Waals surface area (Å²) in [5, 5.41) is 0. The first-order chi connectivity index (χ1) is 7.96. The zero-order chi connectivity index (χ0) is 15.7. The van der Waals surface area contributed by atoms with E-state index in [0.29, 0.717) is 0 Å². The third kappa shape index (κ3) is 1.56. The minimum absolute atomic E-state index is 1.79. The summed E-state index contributed by atoms with van der Waals surface area (Å²) in [5.41, 5.74) is 0. The molecule has 1 saturated heterocycles. The Morgan fingerprint density at radius 3 is 1.21 bits per heavy atom. The monoisotopic (exact) mass is 316 g/mol. The van der Waals surface area contributed by atoms with Crippen LogP contribution in [0.3, 0.4) is 0 Å². The molecule has 0 aromatic carbocycles. The van der Waals surface area contributed by atoms with Gasteiger partial charge in [0, 0.05) is 0 Å². The van der Waals surface area contributed by atoms with E-state index in [-0.39, 0.29) is 0 Å². The van der Waals surface area contributed by atoms with Gasteiger partial charge in [0.15, 0.2) is 0 Å². The Bertz CT molecular complexity index is 382. The molecule has 1 atom stereocenters. The highest BCUT2D eigenvalue weighted by atomic mass is 19.4. The van der Waals surface area contributed by atoms with Crippen molar-refractivity contribution in [3.63, 3.8) is 0 Å². The van der Waals surface area contributed by atoms with Crippen molar-refractivity contribution in [3.05, 3.63) is 0 Å². The molecule has 19 heavy (non-hydrogen) atoms. The van der Waals surface area contributed by atoms with Gasteiger partial charge in [-0.05, 0) is 0 Å². The van der Waals surface area contributed by atoms with Crippen LogP contribution in [-0.2, 0) is 4.74 Å². The van der Waals surface area contributed by atoms with E-state index >= 15 is 0 Å². The molecular weight excluding hydrogens is 316 g/mol. The Balaban J connectivity index is 3.52. The Morgan fingerprint density at radius 1 is 0.632 bits per heavy atom. The van der Waals surface area contributed by atoms with Gasteiger partial charge in [0.25, 0.3) is 0 Å². The molecule has 1 rings (SSSR count). The quantitative estimate of drug-likeness (QED) is 0.670. The van der Waals surface area contributed by atoms with Gasteiger partial charge in [-0.2, -0.15) is 52.7 Å². The lowest BCUT2D eigenvalue weighted by atomic mass is 10.00. The lowest BCUT2D eigenvalue weighted by Gasteiger charge is -2.33. The molecule has 1 nitrogen and oxygen atoms in total. The first-order valence-electron chi connectivity index (χ1n) is 3.93. The van der Waals surface area contributed by atoms with Crippen LogP contribution in [0, 0.1) is 0 Å². The zero-order valence-corrected chi connectivity index (χ0v) is 7.94. The first kappa shape index (κ1) is 16.2. The van der Waals surface area contributed by atoms with Gasteiger partial charge >= 0.3 is 35.9 Å². The second kappa shape index (κ2) is 3.41. The van der Waals surface area contributed by atoms with Gasteiger partial charge in [0.1, 0.15) is 0 Å². The van der Waals surface area contributed by atoms with Gasteiger partial charge in [-0.3, -0.25) is 4.74 Å². The predicted octanol–water partition coefficient (Wildman–Crippen LogP) is 3.74. The molecule has 0 N–H and O–H groups in total. The van der Waals surface area contributed by atoms with Crippen LogP contribution in [0.15, 0.2) is 0 Å². The Morgan fingerprint density at radius 2 is 1.00 bits per heavy atom. The van der Waals surface area contributed by atoms with E-state index in [0.717, 1.165) is 0 Å². The molecular formula is C6F12O. The van der Waals surface area contributed by atoms with Crippen LogP contribution in [0.2, 0.25) is 0 Å². The second-order valence-corrected chi connectivity index (χ2v) is 3.44. The minimum Gasteiger partial charge on any atom is -0.267 e. The van der Waals surface area contributed by atoms with Gasteiger partial charge < -0.3 is 0 Å². The maximum Gasteiger partial charge on any atom is 0.459 e. The fourth-order valence-corrected chi connectivity index (χ4v) is 1.13. The molecule has 1 heterocycles. The van der Waals surface area contributed by atoms with Gasteiger partial charge in [-0.1, -0.05) is 0 Å². The molecule has 1 aliphatic rings. The first-order valence-corrected chi connectivity index (χ1v) is 3.93. The van der Waals surface area contributed by atoms with Crippen LogP contribution in [0.4, 0.5) is 52.7 Å². The van der Waals surface area contributed by atoms with Crippen molar-refractivity contribution in [2.24, 2.45) is 0 Å². The second-order valence-electron chi connectivity index (χ2n) is 3.44. The molecule has 0 aromatic heterocycles. The van der Waals surface area contributed by atoms with Crippen LogP contribution >= 0.6 is 0 Å². The van der Waals surface area contributed by atoms with Crippen LogP contribution in [0.1, 0.15) is 0 Å². The highest BCUT2D eigenvalue weighted by molar-refractivity contribution is 5.14. The maximum absolute atomic E-state index is 13.0. The molecule has 0 spiro atoms. The summed E-state index contributed by atoms with van der Waals surface area (Å²) in [5.74, 6) is -28.3. The largest absolute Gasteiger partial charge is 0.459 e. The molecule has 0 bridgehead atoms. The van der Waals surface area contributed by atoms with Gasteiger partial charge in [-0.25, -0.2) is 0 Å². The minimum atomic E-state index is -7.30. The molecule has 0 aliphatic carbocycles. The van der Waals surface area contributed by atoms with Crippen molar-refractivity contribution in [1.82, 2.24) is 0 Å². The molecule has 0 saturated carbocycles. The van der Waals surface area contributed by atoms with Crippen LogP contribution in [-0.4, -0.2) is 35.9 Å². The number of ether oxygens (including phenoxy) is 1. The van der Waals surface area contributed by atoms with E-state index in [1.54, 1.807) is 4.74 Å². The van der Waals surface area contributed by atoms with Crippen molar-refractivity contribution < 1.29 is 57.4 Å². The van der Waals surface area contributed by atoms with Gasteiger partial charge in [0.2, 0.25) is 0 Å². The fourth-order valence-electron chi connectivity index (χ4n) is 1.13. The highest BCUT2D eigenvalue weighted by Gasteiger charge is 2.98. The van der Waals surface area contributed by atoms with Gasteiger partial charge in [-0.15, -0.1) is 0 Å². The average Bonchev–Trinajstić information content (AvgIpc) is 2.21. The number of halogens is 12. The van der Waals surface area contributed by atoms with Crippen LogP contribution in [0.5, 0.6) is 0 Å². The summed E-state index contributed by atoms with van der Waals surface area (Å²) in [4.78, 5) is 0. The third-order valence-corrected chi connectivity index (χ3v) is 2.19. The van der Waals surface area contributed by atoms with E-state index in [9.17, 15) is 52.7 Å². The molecule has 1 fully saturated rings. The smallest absolute Gasteiger partial charge is 0.267 e. The van der Waals surface area contributed by atoms with Crippen LogP contribution < -0.4 is 0 Å². The summed E-state index contributed by atoms with van der Waals surface area (Å²) in [6.45, 7) is 0. The lowest BCUT2D eigenvalue weighted by Crippen LogP contribution is -2.64. The van der Waals surface area contributed by atoms with Crippen molar-refractivity contribution in [3.8, 4) is 0 Å². The van der Waals surface area contributed by atoms with E-state index in [1.807, 2.05) is 0 Å². The summed E-state index contributed by atoms with van der Waals surface area (Å²) in [6, 6.07) is 0. The van der Waals surface area contributed by atoms with Crippen molar-refractivity contribution in [2.45, 2.75) is 35.9 Å². The molecule has 1 aliphatic heterocycles. The molecule has 0 aromatic rings. The van der Waals surface area contributed by atoms with Crippen LogP contribution in [0.25, 0.3) is 0 Å². The van der Waals surface area contributed by atoms with E-state index in [1.165, 1.54) is 0 Å². The fraction of sp³-hybridized carbons (Fsp3) is 1.00. The Hall–Kier alpha value is -0.880. The summed E-state index contributed by atoms with van der Waals surface area (Å²) in [6.07, 6.45) is -13.7. The SMILES string of the molecule is FC(F)(F)C(F)(F)C1(F)OC(F)(F)C(F)(F)C1(F)F.